The van der Waals surface area contributed by atoms with Gasteiger partial charge in [-0.15, -0.1) is 0 Å². The number of ketones is 1. The third-order valence-electron chi connectivity index (χ3n) is 4.23. The van der Waals surface area contributed by atoms with Crippen LogP contribution in [0.1, 0.15) is 33.2 Å². The lowest BCUT2D eigenvalue weighted by atomic mass is 10.1. The molecular formula is C22H20FN3O2. The van der Waals surface area contributed by atoms with E-state index in [1.165, 1.54) is 19.2 Å². The van der Waals surface area contributed by atoms with Gasteiger partial charge in [-0.25, -0.2) is 9.37 Å². The average molecular weight is 377 g/mol. The zero-order valence-corrected chi connectivity index (χ0v) is 15.4. The number of anilines is 2. The van der Waals surface area contributed by atoms with E-state index < -0.39 is 0 Å². The van der Waals surface area contributed by atoms with Gasteiger partial charge >= 0.3 is 0 Å². The first-order chi connectivity index (χ1) is 13.5. The van der Waals surface area contributed by atoms with E-state index in [0.717, 1.165) is 5.69 Å². The van der Waals surface area contributed by atoms with Gasteiger partial charge < -0.3 is 10.6 Å². The molecule has 1 amide bonds. The Morgan fingerprint density at radius 3 is 2.32 bits per heavy atom. The Morgan fingerprint density at radius 2 is 1.68 bits per heavy atom. The van der Waals surface area contributed by atoms with Crippen molar-refractivity contribution < 1.29 is 14.0 Å². The van der Waals surface area contributed by atoms with Crippen LogP contribution in [-0.4, -0.2) is 23.2 Å². The number of nitrogens with one attached hydrogen (secondary N) is 2. The molecule has 2 aromatic carbocycles. The van der Waals surface area contributed by atoms with Crippen molar-refractivity contribution in [2.45, 2.75) is 13.3 Å². The van der Waals surface area contributed by atoms with Crippen LogP contribution in [0.3, 0.4) is 0 Å². The first kappa shape index (κ1) is 19.2. The van der Waals surface area contributed by atoms with Gasteiger partial charge in [-0.05, 0) is 61.4 Å². The minimum atomic E-state index is -0.273. The number of carbonyl (C=O) groups is 2. The average Bonchev–Trinajstić information content (AvgIpc) is 2.70. The fraction of sp³-hybridized carbons (Fsp3) is 0.136. The summed E-state index contributed by atoms with van der Waals surface area (Å²) in [6.07, 6.45) is 1.90. The third-order valence-corrected chi connectivity index (χ3v) is 4.23. The molecule has 0 atom stereocenters. The topological polar surface area (TPSA) is 71.1 Å². The minimum absolute atomic E-state index is 0.00930. The molecule has 3 rings (SSSR count). The van der Waals surface area contributed by atoms with Crippen molar-refractivity contribution in [3.05, 3.63) is 89.4 Å². The van der Waals surface area contributed by atoms with Crippen molar-refractivity contribution in [1.82, 2.24) is 10.3 Å². The van der Waals surface area contributed by atoms with Crippen LogP contribution in [0, 0.1) is 5.82 Å². The number of benzene rings is 2. The van der Waals surface area contributed by atoms with E-state index in [1.807, 2.05) is 0 Å². The summed E-state index contributed by atoms with van der Waals surface area (Å²) in [6.45, 7) is 1.85. The number of nitrogens with zero attached hydrogens (tertiary/aromatic N) is 1. The molecular weight excluding hydrogens is 357 g/mol. The van der Waals surface area contributed by atoms with Gasteiger partial charge in [0.2, 0.25) is 0 Å². The Bertz CT molecular complexity index is 970. The van der Waals surface area contributed by atoms with Crippen molar-refractivity contribution in [2.24, 2.45) is 0 Å². The van der Waals surface area contributed by atoms with E-state index >= 15 is 0 Å². The van der Waals surface area contributed by atoms with E-state index in [9.17, 15) is 14.0 Å². The monoisotopic (exact) mass is 377 g/mol. The van der Waals surface area contributed by atoms with Crippen LogP contribution in [0.4, 0.5) is 15.9 Å². The van der Waals surface area contributed by atoms with Gasteiger partial charge in [0, 0.05) is 24.0 Å². The molecule has 0 unspecified atom stereocenters. The number of halogens is 1. The molecule has 0 spiro atoms. The Hall–Kier alpha value is -3.54. The van der Waals surface area contributed by atoms with Gasteiger partial charge in [-0.2, -0.15) is 0 Å². The molecule has 3 aromatic rings. The lowest BCUT2D eigenvalue weighted by molar-refractivity contribution is 0.0952. The van der Waals surface area contributed by atoms with Crippen LogP contribution in [0.25, 0.3) is 0 Å². The summed E-state index contributed by atoms with van der Waals surface area (Å²) in [4.78, 5) is 27.7. The molecule has 142 valence electrons. The van der Waals surface area contributed by atoms with E-state index in [0.29, 0.717) is 35.5 Å². The van der Waals surface area contributed by atoms with Gasteiger partial charge in [0.25, 0.3) is 5.91 Å². The third kappa shape index (κ3) is 5.01. The van der Waals surface area contributed by atoms with Gasteiger partial charge in [0.15, 0.2) is 5.78 Å². The molecule has 0 fully saturated rings. The van der Waals surface area contributed by atoms with Crippen molar-refractivity contribution in [3.63, 3.8) is 0 Å². The quantitative estimate of drug-likeness (QED) is 0.607. The minimum Gasteiger partial charge on any atom is -0.352 e. The molecule has 0 radical (unpaired) electrons. The Labute approximate surface area is 162 Å². The molecule has 0 aliphatic heterocycles. The summed E-state index contributed by atoms with van der Waals surface area (Å²) in [6, 6.07) is 16.9. The maximum absolute atomic E-state index is 13.6. The van der Waals surface area contributed by atoms with Crippen LogP contribution in [0.15, 0.2) is 66.9 Å². The summed E-state index contributed by atoms with van der Waals surface area (Å²) in [5, 5.41) is 5.87. The Kier molecular flexibility index (Phi) is 6.11. The standard InChI is InChI=1S/C22H20FN3O2/c1-15(27)16-6-9-19(10-7-16)26-21-11-8-18(14-25-21)22(28)24-13-12-17-4-2-3-5-20(17)23/h2-11,14H,12-13H2,1H3,(H,24,28)(H,25,26). The van der Waals surface area contributed by atoms with E-state index in [2.05, 4.69) is 15.6 Å². The summed E-state index contributed by atoms with van der Waals surface area (Å²) in [5.74, 6) is 0.0555. The number of Topliss-reactive ketones (excluding diaryl/α,β-unsaturated/α-hetero) is 1. The first-order valence-corrected chi connectivity index (χ1v) is 8.88. The summed E-state index contributed by atoms with van der Waals surface area (Å²) >= 11 is 0. The highest BCUT2D eigenvalue weighted by molar-refractivity contribution is 5.95. The van der Waals surface area contributed by atoms with Gasteiger partial charge in [0.1, 0.15) is 11.6 Å². The fourth-order valence-electron chi connectivity index (χ4n) is 2.65. The second-order valence-corrected chi connectivity index (χ2v) is 6.29. The van der Waals surface area contributed by atoms with Crippen LogP contribution in [0.5, 0.6) is 0 Å². The highest BCUT2D eigenvalue weighted by Crippen LogP contribution is 2.16. The molecule has 6 heteroatoms. The maximum atomic E-state index is 13.6. The van der Waals surface area contributed by atoms with Gasteiger partial charge in [-0.3, -0.25) is 9.59 Å². The predicted octanol–water partition coefficient (Wildman–Crippen LogP) is 4.14. The van der Waals surface area contributed by atoms with E-state index in [-0.39, 0.29) is 17.5 Å². The smallest absolute Gasteiger partial charge is 0.252 e. The number of hydrogen-bond acceptors (Lipinski definition) is 4. The number of amides is 1. The number of pyridine rings is 1. The molecule has 0 saturated carbocycles. The molecule has 5 nitrogen and oxygen atoms in total. The molecule has 28 heavy (non-hydrogen) atoms. The number of carbonyl (C=O) groups excluding carboxylic acids is 2. The molecule has 1 aromatic heterocycles. The molecule has 0 bridgehead atoms. The Morgan fingerprint density at radius 1 is 0.964 bits per heavy atom. The van der Waals surface area contributed by atoms with Crippen molar-refractivity contribution in [1.29, 1.82) is 0 Å². The van der Waals surface area contributed by atoms with Crippen LogP contribution in [-0.2, 0) is 6.42 Å². The molecule has 2 N–H and O–H groups in total. The highest BCUT2D eigenvalue weighted by atomic mass is 19.1. The van der Waals surface area contributed by atoms with E-state index in [4.69, 9.17) is 0 Å². The van der Waals surface area contributed by atoms with Crippen molar-refractivity contribution in [3.8, 4) is 0 Å². The fourth-order valence-corrected chi connectivity index (χ4v) is 2.65. The van der Waals surface area contributed by atoms with Crippen molar-refractivity contribution >= 4 is 23.2 Å². The zero-order chi connectivity index (χ0) is 19.9. The van der Waals surface area contributed by atoms with Gasteiger partial charge in [0.05, 0.1) is 5.56 Å². The largest absolute Gasteiger partial charge is 0.352 e. The zero-order valence-electron chi connectivity index (χ0n) is 15.4. The SMILES string of the molecule is CC(=O)c1ccc(Nc2ccc(C(=O)NCCc3ccccc3F)cn2)cc1. The second kappa shape index (κ2) is 8.90. The number of rotatable bonds is 7. The summed E-state index contributed by atoms with van der Waals surface area (Å²) < 4.78 is 13.6. The molecule has 0 aliphatic carbocycles. The molecule has 1 heterocycles. The summed E-state index contributed by atoms with van der Waals surface area (Å²) in [7, 11) is 0. The Balaban J connectivity index is 1.53. The first-order valence-electron chi connectivity index (χ1n) is 8.88. The normalized spacial score (nSPS) is 10.4. The van der Waals surface area contributed by atoms with Gasteiger partial charge in [-0.1, -0.05) is 18.2 Å². The van der Waals surface area contributed by atoms with Crippen molar-refractivity contribution in [2.75, 3.05) is 11.9 Å². The van der Waals surface area contributed by atoms with Crippen LogP contribution < -0.4 is 10.6 Å². The molecule has 0 saturated heterocycles. The predicted molar refractivity (Wildman–Crippen MR) is 106 cm³/mol. The lowest BCUT2D eigenvalue weighted by Gasteiger charge is -2.08. The van der Waals surface area contributed by atoms with E-state index in [1.54, 1.807) is 54.6 Å². The highest BCUT2D eigenvalue weighted by Gasteiger charge is 2.07. The molecule has 0 aliphatic rings. The summed E-state index contributed by atoms with van der Waals surface area (Å²) in [5.41, 5.74) is 2.42. The van der Waals surface area contributed by atoms with Crippen LogP contribution in [0.2, 0.25) is 0 Å². The lowest BCUT2D eigenvalue weighted by Crippen LogP contribution is -2.26. The maximum Gasteiger partial charge on any atom is 0.252 e. The number of hydrogen-bond donors (Lipinski definition) is 2. The van der Waals surface area contributed by atoms with Crippen LogP contribution >= 0.6 is 0 Å². The second-order valence-electron chi connectivity index (χ2n) is 6.29. The number of aromatic nitrogens is 1.